The highest BCUT2D eigenvalue weighted by molar-refractivity contribution is 7.99. The predicted octanol–water partition coefficient (Wildman–Crippen LogP) is 4.93. The molecular formula is C19H19N3OS2. The van der Waals surface area contributed by atoms with Crippen LogP contribution < -0.4 is 0 Å². The van der Waals surface area contributed by atoms with Crippen LogP contribution in [0.4, 0.5) is 0 Å². The second kappa shape index (κ2) is 6.77. The average Bonchev–Trinajstić information content (AvgIpc) is 3.11. The fourth-order valence-corrected chi connectivity index (χ4v) is 4.54. The van der Waals surface area contributed by atoms with E-state index in [4.69, 9.17) is 0 Å². The molecule has 3 aromatic rings. The summed E-state index contributed by atoms with van der Waals surface area (Å²) in [6.07, 6.45) is 2.32. The first-order valence-electron chi connectivity index (χ1n) is 8.35. The summed E-state index contributed by atoms with van der Waals surface area (Å²) in [6.45, 7) is 4.03. The van der Waals surface area contributed by atoms with E-state index in [1.54, 1.807) is 11.3 Å². The molecule has 0 aliphatic heterocycles. The van der Waals surface area contributed by atoms with Crippen LogP contribution in [0.2, 0.25) is 0 Å². The maximum absolute atomic E-state index is 12.6. The Kier molecular flexibility index (Phi) is 4.48. The number of rotatable bonds is 6. The van der Waals surface area contributed by atoms with Gasteiger partial charge in [0.25, 0.3) is 0 Å². The zero-order valence-corrected chi connectivity index (χ0v) is 15.9. The number of nitrogens with zero attached hydrogens (tertiary/aromatic N) is 3. The summed E-state index contributed by atoms with van der Waals surface area (Å²) in [5.41, 5.74) is 3.01. The Labute approximate surface area is 155 Å². The van der Waals surface area contributed by atoms with Gasteiger partial charge >= 0.3 is 0 Å². The average molecular weight is 370 g/mol. The van der Waals surface area contributed by atoms with Crippen LogP contribution in [-0.2, 0) is 0 Å². The minimum absolute atomic E-state index is 0.144. The molecule has 0 radical (unpaired) electrons. The molecule has 0 unspecified atom stereocenters. The highest BCUT2D eigenvalue weighted by atomic mass is 32.2. The van der Waals surface area contributed by atoms with Crippen LogP contribution in [0.3, 0.4) is 0 Å². The van der Waals surface area contributed by atoms with E-state index in [1.807, 2.05) is 32.0 Å². The molecule has 1 aliphatic rings. The van der Waals surface area contributed by atoms with E-state index in [0.29, 0.717) is 11.8 Å². The first kappa shape index (κ1) is 16.5. The second-order valence-electron chi connectivity index (χ2n) is 6.41. The lowest BCUT2D eigenvalue weighted by Gasteiger charge is -2.08. The van der Waals surface area contributed by atoms with Crippen LogP contribution >= 0.6 is 23.1 Å². The van der Waals surface area contributed by atoms with Gasteiger partial charge < -0.3 is 0 Å². The van der Waals surface area contributed by atoms with Crippen molar-refractivity contribution < 1.29 is 4.79 Å². The number of carbonyl (C=O) groups excluding carboxylic acids is 1. The zero-order valence-electron chi connectivity index (χ0n) is 14.2. The van der Waals surface area contributed by atoms with Crippen LogP contribution in [-0.4, -0.2) is 26.3 Å². The standard InChI is InChI=1S/C19H19N3OS2/c1-12-5-8-15(13(2)10-12)16(23)11-25-19-21-20-18(17-4-3-9-24-17)22(19)14-6-7-14/h3-5,8-10,14H,6-7,11H2,1-2H3. The first-order chi connectivity index (χ1) is 12.1. The largest absolute Gasteiger partial charge is 0.298 e. The molecule has 2 heterocycles. The van der Waals surface area contributed by atoms with Crippen molar-refractivity contribution in [3.63, 3.8) is 0 Å². The summed E-state index contributed by atoms with van der Waals surface area (Å²) in [5, 5.41) is 11.7. The third kappa shape index (κ3) is 3.41. The van der Waals surface area contributed by atoms with E-state index >= 15 is 0 Å². The molecule has 0 N–H and O–H groups in total. The number of Topliss-reactive ketones (excluding diaryl/α,β-unsaturated/α-hetero) is 1. The quantitative estimate of drug-likeness (QED) is 0.456. The van der Waals surface area contributed by atoms with Gasteiger partial charge in [0.05, 0.1) is 10.6 Å². The molecule has 6 heteroatoms. The van der Waals surface area contributed by atoms with Crippen molar-refractivity contribution in [3.05, 3.63) is 52.4 Å². The van der Waals surface area contributed by atoms with Gasteiger partial charge in [0, 0.05) is 11.6 Å². The van der Waals surface area contributed by atoms with Gasteiger partial charge in [-0.05, 0) is 43.7 Å². The number of hydrogen-bond acceptors (Lipinski definition) is 5. The van der Waals surface area contributed by atoms with Crippen molar-refractivity contribution in [2.45, 2.75) is 37.9 Å². The fraction of sp³-hybridized carbons (Fsp3) is 0.316. The monoisotopic (exact) mass is 369 g/mol. The SMILES string of the molecule is Cc1ccc(C(=O)CSc2nnc(-c3cccs3)n2C2CC2)c(C)c1. The highest BCUT2D eigenvalue weighted by Crippen LogP contribution is 2.41. The minimum atomic E-state index is 0.144. The number of thioether (sulfide) groups is 1. The van der Waals surface area contributed by atoms with Gasteiger partial charge in [-0.3, -0.25) is 9.36 Å². The van der Waals surface area contributed by atoms with Gasteiger partial charge in [-0.15, -0.1) is 21.5 Å². The van der Waals surface area contributed by atoms with E-state index in [2.05, 4.69) is 32.3 Å². The van der Waals surface area contributed by atoms with Crippen LogP contribution in [0.5, 0.6) is 0 Å². The maximum atomic E-state index is 12.6. The molecule has 0 saturated heterocycles. The Hall–Kier alpha value is -1.92. The van der Waals surface area contributed by atoms with Gasteiger partial charge in [-0.2, -0.15) is 0 Å². The van der Waals surface area contributed by atoms with Crippen LogP contribution in [0.25, 0.3) is 10.7 Å². The van der Waals surface area contributed by atoms with E-state index in [-0.39, 0.29) is 5.78 Å². The Bertz CT molecular complexity index is 911. The topological polar surface area (TPSA) is 47.8 Å². The summed E-state index contributed by atoms with van der Waals surface area (Å²) < 4.78 is 2.21. The summed E-state index contributed by atoms with van der Waals surface area (Å²) in [6, 6.07) is 10.6. The number of aryl methyl sites for hydroxylation is 2. The van der Waals surface area contributed by atoms with E-state index in [0.717, 1.165) is 39.8 Å². The number of aromatic nitrogens is 3. The molecule has 0 bridgehead atoms. The van der Waals surface area contributed by atoms with E-state index < -0.39 is 0 Å². The van der Waals surface area contributed by atoms with Crippen LogP contribution in [0, 0.1) is 13.8 Å². The van der Waals surface area contributed by atoms with Gasteiger partial charge in [0.15, 0.2) is 16.8 Å². The third-order valence-corrected chi connectivity index (χ3v) is 6.14. The smallest absolute Gasteiger partial charge is 0.192 e. The lowest BCUT2D eigenvalue weighted by Crippen LogP contribution is -2.07. The summed E-state index contributed by atoms with van der Waals surface area (Å²) >= 11 is 3.17. The predicted molar refractivity (Wildman–Crippen MR) is 103 cm³/mol. The third-order valence-electron chi connectivity index (χ3n) is 4.33. The normalized spacial score (nSPS) is 14.0. The highest BCUT2D eigenvalue weighted by Gasteiger charge is 2.30. The van der Waals surface area contributed by atoms with E-state index in [1.165, 1.54) is 17.3 Å². The molecule has 0 spiro atoms. The molecule has 1 fully saturated rings. The van der Waals surface area contributed by atoms with Gasteiger partial charge in [0.1, 0.15) is 0 Å². The zero-order chi connectivity index (χ0) is 17.4. The molecular weight excluding hydrogens is 350 g/mol. The Balaban J connectivity index is 1.54. The van der Waals surface area contributed by atoms with Crippen molar-refractivity contribution in [2.75, 3.05) is 5.75 Å². The first-order valence-corrected chi connectivity index (χ1v) is 10.2. The summed E-state index contributed by atoms with van der Waals surface area (Å²) in [4.78, 5) is 13.7. The lowest BCUT2D eigenvalue weighted by molar-refractivity contribution is 0.102. The number of ketones is 1. The molecule has 4 nitrogen and oxygen atoms in total. The molecule has 25 heavy (non-hydrogen) atoms. The molecule has 4 rings (SSSR count). The molecule has 0 amide bonds. The number of hydrogen-bond donors (Lipinski definition) is 0. The summed E-state index contributed by atoms with van der Waals surface area (Å²) in [7, 11) is 0. The fourth-order valence-electron chi connectivity index (χ4n) is 2.95. The molecule has 1 aliphatic carbocycles. The Morgan fingerprint density at radius 3 is 2.80 bits per heavy atom. The van der Waals surface area contributed by atoms with Gasteiger partial charge in [-0.25, -0.2) is 0 Å². The minimum Gasteiger partial charge on any atom is -0.298 e. The molecule has 2 aromatic heterocycles. The van der Waals surface area contributed by atoms with Crippen LogP contribution in [0.15, 0.2) is 40.9 Å². The Morgan fingerprint density at radius 1 is 1.28 bits per heavy atom. The maximum Gasteiger partial charge on any atom is 0.192 e. The molecule has 0 atom stereocenters. The van der Waals surface area contributed by atoms with Crippen molar-refractivity contribution >= 4 is 28.9 Å². The lowest BCUT2D eigenvalue weighted by atomic mass is 10.0. The molecule has 1 aromatic carbocycles. The van der Waals surface area contributed by atoms with E-state index in [9.17, 15) is 4.79 Å². The molecule has 128 valence electrons. The Morgan fingerprint density at radius 2 is 2.12 bits per heavy atom. The number of benzene rings is 1. The second-order valence-corrected chi connectivity index (χ2v) is 8.31. The van der Waals surface area contributed by atoms with Gasteiger partial charge in [0.2, 0.25) is 0 Å². The van der Waals surface area contributed by atoms with Crippen molar-refractivity contribution in [2.24, 2.45) is 0 Å². The van der Waals surface area contributed by atoms with Crippen molar-refractivity contribution in [1.82, 2.24) is 14.8 Å². The number of thiophene rings is 1. The molecule has 1 saturated carbocycles. The number of carbonyl (C=O) groups is 1. The van der Waals surface area contributed by atoms with Crippen molar-refractivity contribution in [1.29, 1.82) is 0 Å². The summed E-state index contributed by atoms with van der Waals surface area (Å²) in [5.74, 6) is 1.46. The van der Waals surface area contributed by atoms with Crippen LogP contribution in [0.1, 0.15) is 40.4 Å². The van der Waals surface area contributed by atoms with Crippen molar-refractivity contribution in [3.8, 4) is 10.7 Å². The van der Waals surface area contributed by atoms with Gasteiger partial charge in [-0.1, -0.05) is 41.6 Å².